The molecule has 0 aromatic carbocycles. The first-order valence-corrected chi connectivity index (χ1v) is 6.28. The molecule has 0 atom stereocenters. The van der Waals surface area contributed by atoms with E-state index in [-0.39, 0.29) is 0 Å². The van der Waals surface area contributed by atoms with E-state index in [1.54, 1.807) is 13.3 Å². The number of H-pyrrole nitrogens is 1. The van der Waals surface area contributed by atoms with Gasteiger partial charge in [-0.1, -0.05) is 13.0 Å². The van der Waals surface area contributed by atoms with Crippen molar-refractivity contribution < 1.29 is 4.74 Å². The molecule has 0 unspecified atom stereocenters. The number of rotatable bonds is 5. The second-order valence-corrected chi connectivity index (χ2v) is 4.38. The number of nitrogens with zero attached hydrogens (tertiary/aromatic N) is 3. The minimum atomic E-state index is 0.614. The van der Waals surface area contributed by atoms with Crippen molar-refractivity contribution in [1.82, 2.24) is 19.7 Å². The lowest BCUT2D eigenvalue weighted by Crippen LogP contribution is -2.05. The third kappa shape index (κ3) is 2.76. The molecule has 0 saturated heterocycles. The molecule has 1 N–H and O–H groups in total. The Morgan fingerprint density at radius 1 is 1.44 bits per heavy atom. The molecule has 5 nitrogen and oxygen atoms in total. The molecule has 0 aliphatic rings. The molecular weight excluding hydrogens is 248 g/mol. The highest BCUT2D eigenvalue weighted by Gasteiger charge is 2.06. The summed E-state index contributed by atoms with van der Waals surface area (Å²) < 4.78 is 7.68. The Hall–Kier alpha value is -1.69. The van der Waals surface area contributed by atoms with Gasteiger partial charge in [0, 0.05) is 18.7 Å². The first-order chi connectivity index (χ1) is 8.74. The van der Waals surface area contributed by atoms with Crippen LogP contribution in [-0.2, 0) is 13.0 Å². The Labute approximate surface area is 111 Å². The number of methoxy groups -OCH3 is 1. The summed E-state index contributed by atoms with van der Waals surface area (Å²) in [7, 11) is 1.60. The molecule has 2 aromatic heterocycles. The molecule has 2 aromatic rings. The Morgan fingerprint density at radius 3 is 2.89 bits per heavy atom. The second kappa shape index (κ2) is 5.77. The molecule has 0 saturated carbocycles. The van der Waals surface area contributed by atoms with E-state index in [1.165, 1.54) is 0 Å². The van der Waals surface area contributed by atoms with Gasteiger partial charge >= 0.3 is 0 Å². The van der Waals surface area contributed by atoms with E-state index in [1.807, 2.05) is 16.7 Å². The minimum Gasteiger partial charge on any atom is -0.481 e. The summed E-state index contributed by atoms with van der Waals surface area (Å²) in [6.45, 7) is 2.80. The molecule has 0 aliphatic heterocycles. The van der Waals surface area contributed by atoms with Crippen LogP contribution in [0, 0.1) is 4.77 Å². The SMILES string of the molecule is CCCc1n[nH]c(=S)n1Cc1ccc(OC)nc1. The van der Waals surface area contributed by atoms with Gasteiger partial charge < -0.3 is 4.74 Å². The van der Waals surface area contributed by atoms with Crippen molar-refractivity contribution in [3.8, 4) is 5.88 Å². The van der Waals surface area contributed by atoms with Gasteiger partial charge in [0.05, 0.1) is 13.7 Å². The molecule has 0 amide bonds. The van der Waals surface area contributed by atoms with Gasteiger partial charge in [0.2, 0.25) is 5.88 Å². The number of ether oxygens (including phenoxy) is 1. The standard InChI is InChI=1S/C12H16N4OS/c1-3-4-10-14-15-12(18)16(10)8-9-5-6-11(17-2)13-7-9/h5-7H,3-4,8H2,1-2H3,(H,15,18). The molecule has 6 heteroatoms. The molecule has 96 valence electrons. The van der Waals surface area contributed by atoms with E-state index >= 15 is 0 Å². The van der Waals surface area contributed by atoms with Crippen molar-refractivity contribution >= 4 is 12.2 Å². The molecule has 18 heavy (non-hydrogen) atoms. The van der Waals surface area contributed by atoms with Crippen molar-refractivity contribution in [3.05, 3.63) is 34.5 Å². The van der Waals surface area contributed by atoms with E-state index in [4.69, 9.17) is 17.0 Å². The van der Waals surface area contributed by atoms with Crippen LogP contribution in [0.25, 0.3) is 0 Å². The normalized spacial score (nSPS) is 10.6. The fourth-order valence-corrected chi connectivity index (χ4v) is 1.95. The number of aromatic amines is 1. The van der Waals surface area contributed by atoms with Crippen LogP contribution in [0.1, 0.15) is 24.7 Å². The van der Waals surface area contributed by atoms with E-state index in [9.17, 15) is 0 Å². The van der Waals surface area contributed by atoms with E-state index in [0.717, 1.165) is 24.2 Å². The minimum absolute atomic E-state index is 0.614. The van der Waals surface area contributed by atoms with E-state index in [2.05, 4.69) is 22.1 Å². The summed E-state index contributed by atoms with van der Waals surface area (Å²) in [5.41, 5.74) is 1.07. The maximum absolute atomic E-state index is 5.23. The molecule has 0 aliphatic carbocycles. The van der Waals surface area contributed by atoms with Crippen LogP contribution in [0.2, 0.25) is 0 Å². The predicted molar refractivity (Wildman–Crippen MR) is 71.3 cm³/mol. The van der Waals surface area contributed by atoms with Gasteiger partial charge in [-0.2, -0.15) is 5.10 Å². The lowest BCUT2D eigenvalue weighted by atomic mass is 10.2. The maximum Gasteiger partial charge on any atom is 0.212 e. The van der Waals surface area contributed by atoms with Gasteiger partial charge in [0.15, 0.2) is 4.77 Å². The van der Waals surface area contributed by atoms with Gasteiger partial charge in [-0.25, -0.2) is 4.98 Å². The summed E-state index contributed by atoms with van der Waals surface area (Å²) in [5, 5.41) is 7.07. The van der Waals surface area contributed by atoms with Crippen molar-refractivity contribution in [2.45, 2.75) is 26.3 Å². The Morgan fingerprint density at radius 2 is 2.28 bits per heavy atom. The van der Waals surface area contributed by atoms with Crippen molar-refractivity contribution in [1.29, 1.82) is 0 Å². The van der Waals surface area contributed by atoms with Crippen LogP contribution in [0.5, 0.6) is 5.88 Å². The van der Waals surface area contributed by atoms with Crippen molar-refractivity contribution in [2.24, 2.45) is 0 Å². The van der Waals surface area contributed by atoms with Crippen LogP contribution in [0.4, 0.5) is 0 Å². The van der Waals surface area contributed by atoms with Crippen LogP contribution in [-0.4, -0.2) is 26.9 Å². The van der Waals surface area contributed by atoms with Crippen molar-refractivity contribution in [3.63, 3.8) is 0 Å². The van der Waals surface area contributed by atoms with Gasteiger partial charge in [-0.15, -0.1) is 0 Å². The Bertz CT molecular complexity index is 558. The van der Waals surface area contributed by atoms with E-state index < -0.39 is 0 Å². The van der Waals surface area contributed by atoms with Crippen LogP contribution < -0.4 is 4.74 Å². The summed E-state index contributed by atoms with van der Waals surface area (Å²) >= 11 is 5.23. The zero-order valence-corrected chi connectivity index (χ0v) is 11.3. The second-order valence-electron chi connectivity index (χ2n) is 3.99. The number of hydrogen-bond acceptors (Lipinski definition) is 4. The van der Waals surface area contributed by atoms with E-state index in [0.29, 0.717) is 17.2 Å². The quantitative estimate of drug-likeness (QED) is 0.842. The summed E-state index contributed by atoms with van der Waals surface area (Å²) in [6, 6.07) is 3.83. The molecule has 2 rings (SSSR count). The van der Waals surface area contributed by atoms with Gasteiger partial charge in [-0.05, 0) is 24.2 Å². The average Bonchev–Trinajstić information content (AvgIpc) is 2.73. The third-order valence-corrected chi connectivity index (χ3v) is 2.97. The Kier molecular flexibility index (Phi) is 4.09. The first kappa shape index (κ1) is 12.8. The third-order valence-electron chi connectivity index (χ3n) is 2.66. The lowest BCUT2D eigenvalue weighted by molar-refractivity contribution is 0.397. The number of aryl methyl sites for hydroxylation is 1. The monoisotopic (exact) mass is 264 g/mol. The summed E-state index contributed by atoms with van der Waals surface area (Å²) in [5.74, 6) is 1.60. The Balaban J connectivity index is 2.22. The predicted octanol–water partition coefficient (Wildman–Crippen LogP) is 2.35. The lowest BCUT2D eigenvalue weighted by Gasteiger charge is -2.06. The molecular formula is C12H16N4OS. The number of hydrogen-bond donors (Lipinski definition) is 1. The van der Waals surface area contributed by atoms with Gasteiger partial charge in [0.1, 0.15) is 5.82 Å². The zero-order chi connectivity index (χ0) is 13.0. The maximum atomic E-state index is 5.23. The number of aromatic nitrogens is 4. The topological polar surface area (TPSA) is 55.7 Å². The number of pyridine rings is 1. The average molecular weight is 264 g/mol. The highest BCUT2D eigenvalue weighted by Crippen LogP contribution is 2.10. The highest BCUT2D eigenvalue weighted by molar-refractivity contribution is 7.71. The number of nitrogens with one attached hydrogen (secondary N) is 1. The van der Waals surface area contributed by atoms with Crippen LogP contribution >= 0.6 is 12.2 Å². The zero-order valence-electron chi connectivity index (χ0n) is 10.5. The molecule has 0 bridgehead atoms. The highest BCUT2D eigenvalue weighted by atomic mass is 32.1. The fraction of sp³-hybridized carbons (Fsp3) is 0.417. The fourth-order valence-electron chi connectivity index (χ4n) is 1.74. The van der Waals surface area contributed by atoms with Gasteiger partial charge in [-0.3, -0.25) is 9.67 Å². The van der Waals surface area contributed by atoms with Crippen molar-refractivity contribution in [2.75, 3.05) is 7.11 Å². The van der Waals surface area contributed by atoms with Gasteiger partial charge in [0.25, 0.3) is 0 Å². The smallest absolute Gasteiger partial charge is 0.212 e. The molecule has 0 radical (unpaired) electrons. The molecule has 0 fully saturated rings. The molecule has 2 heterocycles. The van der Waals surface area contributed by atoms with Crippen LogP contribution in [0.15, 0.2) is 18.3 Å². The summed E-state index contributed by atoms with van der Waals surface area (Å²) in [6.07, 6.45) is 3.75. The largest absolute Gasteiger partial charge is 0.481 e. The molecule has 0 spiro atoms. The van der Waals surface area contributed by atoms with Crippen LogP contribution in [0.3, 0.4) is 0 Å². The summed E-state index contributed by atoms with van der Waals surface area (Å²) in [4.78, 5) is 4.18. The first-order valence-electron chi connectivity index (χ1n) is 5.87.